The minimum Gasteiger partial charge on any atom is -0.333 e. The molecule has 0 radical (unpaired) electrons. The molecule has 0 unspecified atom stereocenters. The van der Waals surface area contributed by atoms with E-state index in [0.29, 0.717) is 23.7 Å². The number of nitrogens with one attached hydrogen (secondary N) is 1. The van der Waals surface area contributed by atoms with Gasteiger partial charge < -0.3 is 9.42 Å². The summed E-state index contributed by atoms with van der Waals surface area (Å²) in [7, 11) is 4.99. The van der Waals surface area contributed by atoms with Crippen molar-refractivity contribution in [3.63, 3.8) is 0 Å². The topological polar surface area (TPSA) is 91.6 Å². The molecule has 9 heteroatoms. The molecule has 0 saturated carbocycles. The fraction of sp³-hybridized carbons (Fsp3) is 0.364. The quantitative estimate of drug-likeness (QED) is 0.538. The van der Waals surface area contributed by atoms with Gasteiger partial charge in [-0.3, -0.25) is 14.6 Å². The Morgan fingerprint density at radius 3 is 2.45 bits per heavy atom. The van der Waals surface area contributed by atoms with Gasteiger partial charge in [0.05, 0.1) is 4.88 Å². The van der Waals surface area contributed by atoms with E-state index in [1.165, 1.54) is 21.2 Å². The molecular formula is C22H27N5O3S. The zero-order chi connectivity index (χ0) is 22.5. The maximum Gasteiger partial charge on any atom is 0.268 e. The van der Waals surface area contributed by atoms with Gasteiger partial charge in [0.15, 0.2) is 0 Å². The standard InChI is InChI=1S/C22H27N5O3S/c1-14(2)13-17(22(29)27(5)23-3)26(4)21(28)16-10-8-15(9-11-16)19-24-20(30-25-19)18-7-6-12-31-18/h6-12,14,17,23H,13H2,1-5H3/t17-/m0/s1. The molecule has 3 rings (SSSR count). The van der Waals surface area contributed by atoms with Crippen molar-refractivity contribution in [1.29, 1.82) is 0 Å². The van der Waals surface area contributed by atoms with Crippen LogP contribution in [0.4, 0.5) is 0 Å². The van der Waals surface area contributed by atoms with Gasteiger partial charge in [-0.15, -0.1) is 11.3 Å². The van der Waals surface area contributed by atoms with Crippen LogP contribution in [-0.2, 0) is 4.79 Å². The predicted molar refractivity (Wildman–Crippen MR) is 120 cm³/mol. The van der Waals surface area contributed by atoms with Crippen LogP contribution in [0, 0.1) is 5.92 Å². The van der Waals surface area contributed by atoms with Crippen molar-refractivity contribution in [1.82, 2.24) is 25.5 Å². The highest BCUT2D eigenvalue weighted by Gasteiger charge is 2.30. The number of thiophene rings is 1. The highest BCUT2D eigenvalue weighted by Crippen LogP contribution is 2.26. The predicted octanol–water partition coefficient (Wildman–Crippen LogP) is 3.54. The Labute approximate surface area is 185 Å². The molecule has 0 aliphatic carbocycles. The molecule has 1 atom stereocenters. The molecule has 0 fully saturated rings. The highest BCUT2D eigenvalue weighted by atomic mass is 32.1. The monoisotopic (exact) mass is 441 g/mol. The molecule has 0 spiro atoms. The van der Waals surface area contributed by atoms with E-state index in [1.54, 1.807) is 45.4 Å². The van der Waals surface area contributed by atoms with Gasteiger partial charge in [-0.2, -0.15) is 4.98 Å². The fourth-order valence-electron chi connectivity index (χ4n) is 3.15. The van der Waals surface area contributed by atoms with Crippen molar-refractivity contribution in [2.75, 3.05) is 21.1 Å². The van der Waals surface area contributed by atoms with Crippen molar-refractivity contribution < 1.29 is 14.1 Å². The number of aromatic nitrogens is 2. The molecule has 3 aromatic rings. The van der Waals surface area contributed by atoms with E-state index < -0.39 is 6.04 Å². The van der Waals surface area contributed by atoms with Crippen molar-refractivity contribution >= 4 is 23.2 Å². The van der Waals surface area contributed by atoms with Crippen LogP contribution in [-0.4, -0.2) is 59.0 Å². The lowest BCUT2D eigenvalue weighted by atomic mass is 10.0. The van der Waals surface area contributed by atoms with Crippen LogP contribution in [0.2, 0.25) is 0 Å². The zero-order valence-electron chi connectivity index (χ0n) is 18.3. The maximum absolute atomic E-state index is 13.1. The van der Waals surface area contributed by atoms with E-state index in [4.69, 9.17) is 4.52 Å². The Balaban J connectivity index is 1.77. The van der Waals surface area contributed by atoms with Gasteiger partial charge in [-0.25, -0.2) is 5.43 Å². The fourth-order valence-corrected chi connectivity index (χ4v) is 3.80. The zero-order valence-corrected chi connectivity index (χ0v) is 19.1. The number of carbonyl (C=O) groups excluding carboxylic acids is 2. The van der Waals surface area contributed by atoms with E-state index in [2.05, 4.69) is 15.6 Å². The van der Waals surface area contributed by atoms with Crippen LogP contribution in [0.3, 0.4) is 0 Å². The van der Waals surface area contributed by atoms with Crippen molar-refractivity contribution in [2.45, 2.75) is 26.3 Å². The summed E-state index contributed by atoms with van der Waals surface area (Å²) >= 11 is 1.52. The Morgan fingerprint density at radius 1 is 1.16 bits per heavy atom. The summed E-state index contributed by atoms with van der Waals surface area (Å²) in [5.74, 6) is 0.805. The molecule has 1 N–H and O–H groups in total. The lowest BCUT2D eigenvalue weighted by Crippen LogP contribution is -2.51. The molecule has 8 nitrogen and oxygen atoms in total. The summed E-state index contributed by atoms with van der Waals surface area (Å²) in [5.41, 5.74) is 4.05. The molecule has 0 aliphatic rings. The van der Waals surface area contributed by atoms with Crippen LogP contribution in [0.1, 0.15) is 30.6 Å². The Hall–Kier alpha value is -3.04. The highest BCUT2D eigenvalue weighted by molar-refractivity contribution is 7.13. The Bertz CT molecular complexity index is 1010. The number of carbonyl (C=O) groups is 2. The minimum absolute atomic E-state index is 0.156. The number of hydrogen-bond donors (Lipinski definition) is 1. The summed E-state index contributed by atoms with van der Waals surface area (Å²) in [6.45, 7) is 4.06. The van der Waals surface area contributed by atoms with E-state index in [1.807, 2.05) is 31.4 Å². The average Bonchev–Trinajstić information content (AvgIpc) is 3.47. The summed E-state index contributed by atoms with van der Waals surface area (Å²) in [6.07, 6.45) is 0.569. The second-order valence-electron chi connectivity index (χ2n) is 7.66. The number of hydrazine groups is 1. The molecule has 1 aromatic carbocycles. The summed E-state index contributed by atoms with van der Waals surface area (Å²) < 4.78 is 5.33. The minimum atomic E-state index is -0.560. The number of benzene rings is 1. The van der Waals surface area contributed by atoms with Crippen molar-refractivity contribution in [3.8, 4) is 22.2 Å². The van der Waals surface area contributed by atoms with Gasteiger partial charge in [-0.1, -0.05) is 37.2 Å². The third kappa shape index (κ3) is 5.18. The van der Waals surface area contributed by atoms with Crippen LogP contribution in [0.5, 0.6) is 0 Å². The molecule has 2 heterocycles. The largest absolute Gasteiger partial charge is 0.333 e. The second-order valence-corrected chi connectivity index (χ2v) is 8.61. The number of likely N-dealkylation sites (N-methyl/N-ethyl adjacent to an activating group) is 2. The third-order valence-corrected chi connectivity index (χ3v) is 5.84. The molecule has 31 heavy (non-hydrogen) atoms. The molecule has 164 valence electrons. The summed E-state index contributed by atoms with van der Waals surface area (Å²) in [5, 5.41) is 7.38. The molecule has 2 aromatic heterocycles. The molecular weight excluding hydrogens is 414 g/mol. The number of nitrogens with zero attached hydrogens (tertiary/aromatic N) is 4. The van der Waals surface area contributed by atoms with Crippen LogP contribution in [0.25, 0.3) is 22.2 Å². The average molecular weight is 442 g/mol. The van der Waals surface area contributed by atoms with E-state index in [-0.39, 0.29) is 17.7 Å². The third-order valence-electron chi connectivity index (χ3n) is 4.98. The summed E-state index contributed by atoms with van der Waals surface area (Å²) in [6, 6.07) is 10.3. The second kappa shape index (κ2) is 9.84. The lowest BCUT2D eigenvalue weighted by Gasteiger charge is -2.31. The molecule has 0 aliphatic heterocycles. The molecule has 0 saturated heterocycles. The van der Waals surface area contributed by atoms with Gasteiger partial charge in [0.2, 0.25) is 5.82 Å². The Morgan fingerprint density at radius 2 is 1.87 bits per heavy atom. The van der Waals surface area contributed by atoms with Crippen molar-refractivity contribution in [2.24, 2.45) is 5.92 Å². The molecule has 0 bridgehead atoms. The number of hydrogen-bond acceptors (Lipinski definition) is 7. The lowest BCUT2D eigenvalue weighted by molar-refractivity contribution is -0.137. The smallest absolute Gasteiger partial charge is 0.268 e. The van der Waals surface area contributed by atoms with Crippen LogP contribution in [0.15, 0.2) is 46.3 Å². The van der Waals surface area contributed by atoms with E-state index >= 15 is 0 Å². The first-order valence-corrected chi connectivity index (χ1v) is 10.9. The first kappa shape index (κ1) is 22.6. The van der Waals surface area contributed by atoms with E-state index in [0.717, 1.165) is 10.4 Å². The maximum atomic E-state index is 13.1. The first-order valence-electron chi connectivity index (χ1n) is 10.0. The summed E-state index contributed by atoms with van der Waals surface area (Å²) in [4.78, 5) is 32.7. The number of rotatable bonds is 8. The SMILES string of the molecule is CNN(C)C(=O)[C@H](CC(C)C)N(C)C(=O)c1ccc(-c2noc(-c3cccs3)n2)cc1. The normalized spacial score (nSPS) is 12.1. The van der Waals surface area contributed by atoms with Gasteiger partial charge in [0, 0.05) is 32.3 Å². The van der Waals surface area contributed by atoms with Crippen LogP contribution >= 0.6 is 11.3 Å². The molecule has 2 amide bonds. The van der Waals surface area contributed by atoms with Gasteiger partial charge >= 0.3 is 0 Å². The first-order chi connectivity index (χ1) is 14.8. The Kier molecular flexibility index (Phi) is 7.19. The number of amides is 2. The van der Waals surface area contributed by atoms with Gasteiger partial charge in [0.1, 0.15) is 6.04 Å². The van der Waals surface area contributed by atoms with Crippen LogP contribution < -0.4 is 5.43 Å². The van der Waals surface area contributed by atoms with Gasteiger partial charge in [-0.05, 0) is 35.9 Å². The van der Waals surface area contributed by atoms with E-state index in [9.17, 15) is 9.59 Å². The van der Waals surface area contributed by atoms with Gasteiger partial charge in [0.25, 0.3) is 17.7 Å². The van der Waals surface area contributed by atoms with Crippen molar-refractivity contribution in [3.05, 3.63) is 47.3 Å².